The number of carboxylic acids is 1. The Morgan fingerprint density at radius 3 is 2.50 bits per heavy atom. The molecule has 6 nitrogen and oxygen atoms in total. The van der Waals surface area contributed by atoms with Crippen LogP contribution < -0.4 is 10.1 Å². The number of methoxy groups -OCH3 is 1. The number of carbonyl (C=O) groups is 2. The smallest absolute Gasteiger partial charge is 0.389 e. The van der Waals surface area contributed by atoms with Crippen molar-refractivity contribution >= 4 is 22.8 Å². The van der Waals surface area contributed by atoms with Crippen LogP contribution in [0.3, 0.4) is 0 Å². The molecule has 9 heteroatoms. The average Bonchev–Trinajstić information content (AvgIpc) is 3.13. The third-order valence-corrected chi connectivity index (χ3v) is 5.14. The molecule has 1 heterocycles. The molecule has 1 atom stereocenters. The summed E-state index contributed by atoms with van der Waals surface area (Å²) >= 11 is 0. The van der Waals surface area contributed by atoms with E-state index in [1.54, 1.807) is 30.5 Å². The fourth-order valence-corrected chi connectivity index (χ4v) is 3.53. The molecule has 0 saturated heterocycles. The molecule has 0 spiro atoms. The van der Waals surface area contributed by atoms with Crippen LogP contribution in [0.25, 0.3) is 10.9 Å². The van der Waals surface area contributed by atoms with Crippen LogP contribution in [0.4, 0.5) is 13.2 Å². The van der Waals surface area contributed by atoms with Crippen LogP contribution >= 0.6 is 0 Å². The summed E-state index contributed by atoms with van der Waals surface area (Å²) in [6.07, 6.45) is -3.01. The molecule has 0 radical (unpaired) electrons. The summed E-state index contributed by atoms with van der Waals surface area (Å²) in [5, 5.41) is 12.5. The predicted octanol–water partition coefficient (Wildman–Crippen LogP) is 4.78. The third kappa shape index (κ3) is 5.60. The first kappa shape index (κ1) is 23.2. The average molecular weight is 448 g/mol. The van der Waals surface area contributed by atoms with Crippen molar-refractivity contribution in [2.45, 2.75) is 25.9 Å². The minimum atomic E-state index is -4.27. The van der Waals surface area contributed by atoms with Gasteiger partial charge in [-0.1, -0.05) is 13.0 Å². The van der Waals surface area contributed by atoms with E-state index in [1.807, 2.05) is 0 Å². The normalized spacial score (nSPS) is 12.5. The summed E-state index contributed by atoms with van der Waals surface area (Å²) in [6, 6.07) is 9.65. The van der Waals surface area contributed by atoms with E-state index in [4.69, 9.17) is 9.84 Å². The van der Waals surface area contributed by atoms with E-state index < -0.39 is 30.4 Å². The summed E-state index contributed by atoms with van der Waals surface area (Å²) in [5.74, 6) is -1.79. The second-order valence-electron chi connectivity index (χ2n) is 7.72. The fraction of sp³-hybridized carbons (Fsp3) is 0.304. The number of aromatic carboxylic acids is 1. The molecular weight excluding hydrogens is 425 g/mol. The van der Waals surface area contributed by atoms with E-state index in [0.29, 0.717) is 17.7 Å². The van der Waals surface area contributed by atoms with Crippen molar-refractivity contribution in [1.29, 1.82) is 0 Å². The fourth-order valence-electron chi connectivity index (χ4n) is 3.53. The molecule has 32 heavy (non-hydrogen) atoms. The van der Waals surface area contributed by atoms with E-state index in [2.05, 4.69) is 10.3 Å². The van der Waals surface area contributed by atoms with Crippen molar-refractivity contribution in [1.82, 2.24) is 10.3 Å². The number of halogens is 3. The van der Waals surface area contributed by atoms with Gasteiger partial charge < -0.3 is 20.1 Å². The van der Waals surface area contributed by atoms with Crippen molar-refractivity contribution < 1.29 is 32.6 Å². The standard InChI is InChI=1S/C23H23F3N2O4/c1-13(10-23(24,25)26)11-28-21(29)15-5-6-19-18(8-15)17(12-27-19)7-14-3-4-16(22(30)31)9-20(14)32-2/h3-6,8-9,12-13,27H,7,10-11H2,1-2H3,(H,28,29)(H,30,31). The Hall–Kier alpha value is -3.49. The highest BCUT2D eigenvalue weighted by Gasteiger charge is 2.30. The Kier molecular flexibility index (Phi) is 6.76. The molecule has 3 N–H and O–H groups in total. The van der Waals surface area contributed by atoms with Crippen LogP contribution in [-0.2, 0) is 6.42 Å². The lowest BCUT2D eigenvalue weighted by Gasteiger charge is -2.14. The molecule has 0 aliphatic rings. The number of carboxylic acid groups (broad SMARTS) is 1. The van der Waals surface area contributed by atoms with Gasteiger partial charge in [0.1, 0.15) is 5.75 Å². The Morgan fingerprint density at radius 2 is 1.84 bits per heavy atom. The van der Waals surface area contributed by atoms with Gasteiger partial charge in [0.25, 0.3) is 5.91 Å². The summed E-state index contributed by atoms with van der Waals surface area (Å²) in [7, 11) is 1.46. The lowest BCUT2D eigenvalue weighted by Crippen LogP contribution is -2.30. The van der Waals surface area contributed by atoms with Gasteiger partial charge in [-0.15, -0.1) is 0 Å². The Morgan fingerprint density at radius 1 is 1.12 bits per heavy atom. The maximum atomic E-state index is 12.5. The first-order valence-electron chi connectivity index (χ1n) is 9.92. The number of nitrogens with one attached hydrogen (secondary N) is 2. The molecule has 1 amide bonds. The molecule has 0 bridgehead atoms. The zero-order valence-corrected chi connectivity index (χ0v) is 17.5. The van der Waals surface area contributed by atoms with Gasteiger partial charge in [0.15, 0.2) is 0 Å². The topological polar surface area (TPSA) is 91.4 Å². The SMILES string of the molecule is COc1cc(C(=O)O)ccc1Cc1c[nH]c2ccc(C(=O)NCC(C)CC(F)(F)F)cc12. The van der Waals surface area contributed by atoms with Crippen LogP contribution in [0.1, 0.15) is 45.2 Å². The van der Waals surface area contributed by atoms with E-state index in [-0.39, 0.29) is 12.1 Å². The van der Waals surface area contributed by atoms with Gasteiger partial charge in [-0.3, -0.25) is 4.79 Å². The van der Waals surface area contributed by atoms with Gasteiger partial charge in [-0.25, -0.2) is 4.79 Å². The minimum absolute atomic E-state index is 0.0799. The van der Waals surface area contributed by atoms with Crippen LogP contribution in [-0.4, -0.2) is 41.8 Å². The second-order valence-corrected chi connectivity index (χ2v) is 7.72. The highest BCUT2D eigenvalue weighted by atomic mass is 19.4. The zero-order chi connectivity index (χ0) is 23.5. The lowest BCUT2D eigenvalue weighted by atomic mass is 10.0. The molecule has 1 aromatic heterocycles. The quantitative estimate of drug-likeness (QED) is 0.462. The van der Waals surface area contributed by atoms with Gasteiger partial charge >= 0.3 is 12.1 Å². The summed E-state index contributed by atoms with van der Waals surface area (Å²) in [5.41, 5.74) is 2.88. The molecule has 2 aromatic carbocycles. The van der Waals surface area contributed by atoms with Gasteiger partial charge in [0, 0.05) is 42.0 Å². The first-order chi connectivity index (χ1) is 15.1. The number of alkyl halides is 3. The third-order valence-electron chi connectivity index (χ3n) is 5.14. The number of aromatic amines is 1. The number of aromatic nitrogens is 1. The molecule has 170 valence electrons. The molecule has 1 unspecified atom stereocenters. The van der Waals surface area contributed by atoms with Crippen LogP contribution in [0.5, 0.6) is 5.75 Å². The van der Waals surface area contributed by atoms with Crippen molar-refractivity contribution in [2.75, 3.05) is 13.7 Å². The Bertz CT molecular complexity index is 1140. The second kappa shape index (κ2) is 9.33. The van der Waals surface area contributed by atoms with Crippen LogP contribution in [0.15, 0.2) is 42.6 Å². The monoisotopic (exact) mass is 448 g/mol. The largest absolute Gasteiger partial charge is 0.496 e. The summed E-state index contributed by atoms with van der Waals surface area (Å²) in [6.45, 7) is 1.35. The van der Waals surface area contributed by atoms with Gasteiger partial charge in [0.2, 0.25) is 0 Å². The van der Waals surface area contributed by atoms with Crippen LogP contribution in [0.2, 0.25) is 0 Å². The molecule has 3 rings (SSSR count). The van der Waals surface area contributed by atoms with Crippen molar-refractivity contribution in [3.8, 4) is 5.75 Å². The highest BCUT2D eigenvalue weighted by molar-refractivity contribution is 5.99. The summed E-state index contributed by atoms with van der Waals surface area (Å²) < 4.78 is 42.8. The zero-order valence-electron chi connectivity index (χ0n) is 17.5. The molecule has 0 saturated carbocycles. The Labute approximate surface area is 182 Å². The summed E-state index contributed by atoms with van der Waals surface area (Å²) in [4.78, 5) is 26.8. The van der Waals surface area contributed by atoms with E-state index in [1.165, 1.54) is 26.2 Å². The predicted molar refractivity (Wildman–Crippen MR) is 113 cm³/mol. The molecule has 0 aliphatic carbocycles. The maximum absolute atomic E-state index is 12.5. The Balaban J connectivity index is 1.79. The number of benzene rings is 2. The number of carbonyl (C=O) groups excluding carboxylic acids is 1. The number of ether oxygens (including phenoxy) is 1. The first-order valence-corrected chi connectivity index (χ1v) is 9.92. The van der Waals surface area contributed by atoms with Gasteiger partial charge in [0.05, 0.1) is 12.7 Å². The number of hydrogen-bond donors (Lipinski definition) is 3. The maximum Gasteiger partial charge on any atom is 0.389 e. The van der Waals surface area contributed by atoms with Crippen molar-refractivity contribution in [2.24, 2.45) is 5.92 Å². The molecule has 0 fully saturated rings. The minimum Gasteiger partial charge on any atom is -0.496 e. The number of amides is 1. The molecular formula is C23H23F3N2O4. The molecule has 0 aliphatic heterocycles. The van der Waals surface area contributed by atoms with Crippen molar-refractivity contribution in [3.05, 3.63) is 64.8 Å². The number of hydrogen-bond acceptors (Lipinski definition) is 3. The van der Waals surface area contributed by atoms with Crippen molar-refractivity contribution in [3.63, 3.8) is 0 Å². The molecule has 3 aromatic rings. The lowest BCUT2D eigenvalue weighted by molar-refractivity contribution is -0.142. The van der Waals surface area contributed by atoms with Gasteiger partial charge in [-0.05, 0) is 47.4 Å². The van der Waals surface area contributed by atoms with Crippen LogP contribution in [0, 0.1) is 5.92 Å². The van der Waals surface area contributed by atoms with E-state index >= 15 is 0 Å². The van der Waals surface area contributed by atoms with E-state index in [9.17, 15) is 22.8 Å². The number of rotatable bonds is 8. The number of H-pyrrole nitrogens is 1. The van der Waals surface area contributed by atoms with Gasteiger partial charge in [-0.2, -0.15) is 13.2 Å². The van der Waals surface area contributed by atoms with E-state index in [0.717, 1.165) is 22.0 Å². The highest BCUT2D eigenvalue weighted by Crippen LogP contribution is 2.28. The number of fused-ring (bicyclic) bond motifs is 1.